The average Bonchev–Trinajstić information content (AvgIpc) is 2.49. The van der Waals surface area contributed by atoms with Crippen LogP contribution in [0.15, 0.2) is 58.5 Å². The van der Waals surface area contributed by atoms with Gasteiger partial charge in [-0.1, -0.05) is 47.5 Å². The van der Waals surface area contributed by atoms with Gasteiger partial charge in [0, 0.05) is 4.90 Å². The Morgan fingerprint density at radius 1 is 1.05 bits per heavy atom. The fraction of sp³-hybridized carbons (Fsp3) is 0.176. The lowest BCUT2D eigenvalue weighted by Gasteiger charge is -2.01. The maximum atomic E-state index is 11.7. The molecule has 1 N–H and O–H groups in total. The fourth-order valence-corrected chi connectivity index (χ4v) is 2.34. The molecule has 0 radical (unpaired) electrons. The lowest BCUT2D eigenvalue weighted by atomic mass is 10.2. The first-order valence-corrected chi connectivity index (χ1v) is 7.70. The number of carbonyl (C=O) groups is 1. The molecule has 0 atom stereocenters. The molecule has 2 aromatic rings. The quantitative estimate of drug-likeness (QED) is 0.521. The number of hydrazone groups is 1. The van der Waals surface area contributed by atoms with E-state index >= 15 is 0 Å². The SMILES string of the molecule is Cc1ccc(/C=N\NC(=O)CSc2ccc(C)cc2)cc1. The molecule has 0 aliphatic heterocycles. The van der Waals surface area contributed by atoms with Crippen molar-refractivity contribution >= 4 is 23.9 Å². The molecule has 1 amide bonds. The van der Waals surface area contributed by atoms with Crippen LogP contribution in [0.2, 0.25) is 0 Å². The van der Waals surface area contributed by atoms with Gasteiger partial charge in [0.25, 0.3) is 0 Å². The fourth-order valence-electron chi connectivity index (χ4n) is 1.65. The van der Waals surface area contributed by atoms with E-state index < -0.39 is 0 Å². The molecule has 108 valence electrons. The highest BCUT2D eigenvalue weighted by Crippen LogP contribution is 2.17. The van der Waals surface area contributed by atoms with E-state index in [0.717, 1.165) is 10.5 Å². The zero-order valence-corrected chi connectivity index (χ0v) is 13.0. The average molecular weight is 298 g/mol. The molecule has 0 aromatic heterocycles. The number of carbonyl (C=O) groups excluding carboxylic acids is 1. The first kappa shape index (κ1) is 15.3. The summed E-state index contributed by atoms with van der Waals surface area (Å²) in [6.07, 6.45) is 1.65. The number of aryl methyl sites for hydroxylation is 2. The number of thioether (sulfide) groups is 1. The van der Waals surface area contributed by atoms with Gasteiger partial charge in [-0.2, -0.15) is 5.10 Å². The Bertz CT molecular complexity index is 618. The number of hydrogen-bond donors (Lipinski definition) is 1. The summed E-state index contributed by atoms with van der Waals surface area (Å²) < 4.78 is 0. The predicted octanol–water partition coefficient (Wildman–Crippen LogP) is 3.55. The molecular formula is C17H18N2OS. The van der Waals surface area contributed by atoms with Gasteiger partial charge in [0.2, 0.25) is 5.91 Å². The molecule has 0 spiro atoms. The molecule has 0 saturated carbocycles. The van der Waals surface area contributed by atoms with Crippen molar-refractivity contribution in [2.24, 2.45) is 5.10 Å². The number of amides is 1. The molecule has 2 aromatic carbocycles. The maximum Gasteiger partial charge on any atom is 0.250 e. The van der Waals surface area contributed by atoms with E-state index in [1.807, 2.05) is 62.4 Å². The summed E-state index contributed by atoms with van der Waals surface area (Å²) in [6.45, 7) is 4.08. The monoisotopic (exact) mass is 298 g/mol. The molecule has 0 saturated heterocycles. The van der Waals surface area contributed by atoms with E-state index in [0.29, 0.717) is 5.75 Å². The summed E-state index contributed by atoms with van der Waals surface area (Å²) >= 11 is 1.50. The second kappa shape index (κ2) is 7.64. The van der Waals surface area contributed by atoms with Gasteiger partial charge in [0.15, 0.2) is 0 Å². The molecule has 0 aliphatic rings. The minimum Gasteiger partial charge on any atom is -0.272 e. The van der Waals surface area contributed by atoms with Crippen LogP contribution in [-0.4, -0.2) is 17.9 Å². The van der Waals surface area contributed by atoms with Crippen LogP contribution in [0.25, 0.3) is 0 Å². The first-order chi connectivity index (χ1) is 10.1. The van der Waals surface area contributed by atoms with Crippen LogP contribution >= 0.6 is 11.8 Å². The summed E-state index contributed by atoms with van der Waals surface area (Å²) in [4.78, 5) is 12.8. The molecule has 0 aliphatic carbocycles. The van der Waals surface area contributed by atoms with Crippen LogP contribution in [-0.2, 0) is 4.79 Å². The number of nitrogens with one attached hydrogen (secondary N) is 1. The summed E-state index contributed by atoms with van der Waals surface area (Å²) in [6, 6.07) is 16.1. The van der Waals surface area contributed by atoms with Gasteiger partial charge >= 0.3 is 0 Å². The molecule has 2 rings (SSSR count). The van der Waals surface area contributed by atoms with Gasteiger partial charge < -0.3 is 0 Å². The van der Waals surface area contributed by atoms with Gasteiger partial charge in [0.05, 0.1) is 12.0 Å². The number of benzene rings is 2. The van der Waals surface area contributed by atoms with Crippen molar-refractivity contribution in [1.82, 2.24) is 5.43 Å². The van der Waals surface area contributed by atoms with Crippen molar-refractivity contribution in [3.63, 3.8) is 0 Å². The molecule has 0 fully saturated rings. The van der Waals surface area contributed by atoms with Crippen molar-refractivity contribution in [2.45, 2.75) is 18.7 Å². The number of nitrogens with zero attached hydrogens (tertiary/aromatic N) is 1. The Morgan fingerprint density at radius 3 is 2.24 bits per heavy atom. The zero-order chi connectivity index (χ0) is 15.1. The maximum absolute atomic E-state index is 11.7. The Balaban J connectivity index is 1.77. The van der Waals surface area contributed by atoms with Crippen molar-refractivity contribution in [3.8, 4) is 0 Å². The van der Waals surface area contributed by atoms with Crippen LogP contribution in [0.3, 0.4) is 0 Å². The lowest BCUT2D eigenvalue weighted by Crippen LogP contribution is -2.19. The van der Waals surface area contributed by atoms with E-state index in [4.69, 9.17) is 0 Å². The van der Waals surface area contributed by atoms with Crippen LogP contribution in [0.5, 0.6) is 0 Å². The van der Waals surface area contributed by atoms with Crippen LogP contribution in [0.4, 0.5) is 0 Å². The second-order valence-electron chi connectivity index (χ2n) is 4.81. The highest BCUT2D eigenvalue weighted by atomic mass is 32.2. The Kier molecular flexibility index (Phi) is 5.58. The van der Waals surface area contributed by atoms with E-state index in [1.54, 1.807) is 6.21 Å². The largest absolute Gasteiger partial charge is 0.272 e. The first-order valence-electron chi connectivity index (χ1n) is 6.71. The van der Waals surface area contributed by atoms with Gasteiger partial charge in [-0.3, -0.25) is 4.79 Å². The van der Waals surface area contributed by atoms with Gasteiger partial charge in [0.1, 0.15) is 0 Å². The Hall–Kier alpha value is -2.07. The van der Waals surface area contributed by atoms with Crippen LogP contribution in [0.1, 0.15) is 16.7 Å². The third-order valence-electron chi connectivity index (χ3n) is 2.87. The van der Waals surface area contributed by atoms with Crippen molar-refractivity contribution in [1.29, 1.82) is 0 Å². The van der Waals surface area contributed by atoms with Crippen LogP contribution in [0, 0.1) is 13.8 Å². The second-order valence-corrected chi connectivity index (χ2v) is 5.85. The molecule has 21 heavy (non-hydrogen) atoms. The van der Waals surface area contributed by atoms with E-state index in [2.05, 4.69) is 10.5 Å². The van der Waals surface area contributed by atoms with Crippen molar-refractivity contribution in [3.05, 3.63) is 65.2 Å². The number of rotatable bonds is 5. The standard InChI is InChI=1S/C17H18N2OS/c1-13-3-7-15(8-4-13)11-18-19-17(20)12-21-16-9-5-14(2)6-10-16/h3-11H,12H2,1-2H3,(H,19,20)/b18-11-. The van der Waals surface area contributed by atoms with Gasteiger partial charge in [-0.15, -0.1) is 11.8 Å². The molecule has 0 bridgehead atoms. The topological polar surface area (TPSA) is 41.5 Å². The zero-order valence-electron chi connectivity index (χ0n) is 12.2. The molecule has 0 unspecified atom stereocenters. The summed E-state index contributed by atoms with van der Waals surface area (Å²) in [5, 5.41) is 3.96. The Morgan fingerprint density at radius 2 is 1.62 bits per heavy atom. The van der Waals surface area contributed by atoms with E-state index in [1.165, 1.54) is 22.9 Å². The van der Waals surface area contributed by atoms with E-state index in [-0.39, 0.29) is 5.91 Å². The number of hydrogen-bond acceptors (Lipinski definition) is 3. The van der Waals surface area contributed by atoms with Gasteiger partial charge in [-0.05, 0) is 31.5 Å². The molecular weight excluding hydrogens is 280 g/mol. The lowest BCUT2D eigenvalue weighted by molar-refractivity contribution is -0.118. The Labute approximate surface area is 129 Å². The minimum atomic E-state index is -0.107. The van der Waals surface area contributed by atoms with E-state index in [9.17, 15) is 4.79 Å². The highest BCUT2D eigenvalue weighted by molar-refractivity contribution is 8.00. The predicted molar refractivity (Wildman–Crippen MR) is 88.8 cm³/mol. The van der Waals surface area contributed by atoms with Gasteiger partial charge in [-0.25, -0.2) is 5.43 Å². The minimum absolute atomic E-state index is 0.107. The highest BCUT2D eigenvalue weighted by Gasteiger charge is 2.01. The third kappa shape index (κ3) is 5.44. The summed E-state index contributed by atoms with van der Waals surface area (Å²) in [5.41, 5.74) is 5.92. The molecule has 0 heterocycles. The van der Waals surface area contributed by atoms with Crippen LogP contribution < -0.4 is 5.43 Å². The molecule has 3 nitrogen and oxygen atoms in total. The summed E-state index contributed by atoms with van der Waals surface area (Å²) in [5.74, 6) is 0.248. The molecule has 4 heteroatoms. The third-order valence-corrected chi connectivity index (χ3v) is 3.88. The van der Waals surface area contributed by atoms with Crippen molar-refractivity contribution in [2.75, 3.05) is 5.75 Å². The smallest absolute Gasteiger partial charge is 0.250 e. The normalized spacial score (nSPS) is 10.8. The summed E-state index contributed by atoms with van der Waals surface area (Å²) in [7, 11) is 0. The van der Waals surface area contributed by atoms with Crippen molar-refractivity contribution < 1.29 is 4.79 Å².